The zero-order valence-corrected chi connectivity index (χ0v) is 22.5. The van der Waals surface area contributed by atoms with Gasteiger partial charge in [-0.2, -0.15) is 0 Å². The first-order valence-electron chi connectivity index (χ1n) is 11.7. The molecule has 3 rings (SSSR count). The summed E-state index contributed by atoms with van der Waals surface area (Å²) >= 11 is 1.05. The number of amides is 3. The van der Waals surface area contributed by atoms with Gasteiger partial charge in [-0.15, -0.1) is 0 Å². The molecule has 1 aromatic heterocycles. The Morgan fingerprint density at radius 2 is 1.89 bits per heavy atom. The minimum absolute atomic E-state index is 0.182. The maximum Gasteiger partial charge on any atom is 0.414 e. The Morgan fingerprint density at radius 3 is 2.49 bits per heavy atom. The average Bonchev–Trinajstić information content (AvgIpc) is 3.14. The number of nitrogens with one attached hydrogen (secondary N) is 1. The third kappa shape index (κ3) is 6.97. The Bertz CT molecular complexity index is 1220. The lowest BCUT2D eigenvalue weighted by Gasteiger charge is -2.36. The lowest BCUT2D eigenvalue weighted by molar-refractivity contribution is -0.114. The number of nitrogens with zero attached hydrogens (tertiary/aromatic N) is 2. The van der Waals surface area contributed by atoms with E-state index < -0.39 is 29.4 Å². The van der Waals surface area contributed by atoms with Crippen molar-refractivity contribution in [3.8, 4) is 0 Å². The highest BCUT2D eigenvalue weighted by Crippen LogP contribution is 2.35. The second kappa shape index (κ2) is 10.4. The van der Waals surface area contributed by atoms with Crippen molar-refractivity contribution in [3.63, 3.8) is 0 Å². The SMILES string of the molecule is CC(=O)Nc1nc2c(s1)C(=O)C(=C(O)C1=CN(C(=O)OC(C)(C)C)C(CC(C)(C)OC(N)=O)C=C1)CC2. The van der Waals surface area contributed by atoms with Gasteiger partial charge >= 0.3 is 12.2 Å². The van der Waals surface area contributed by atoms with Crippen LogP contribution in [-0.2, 0) is 20.7 Å². The number of fused-ring (bicyclic) bond motifs is 1. The van der Waals surface area contributed by atoms with Gasteiger partial charge in [0.2, 0.25) is 11.7 Å². The number of thiazole rings is 1. The van der Waals surface area contributed by atoms with E-state index in [2.05, 4.69) is 10.3 Å². The molecular weight excluding hydrogens is 500 g/mol. The third-order valence-corrected chi connectivity index (χ3v) is 6.46. The summed E-state index contributed by atoms with van der Waals surface area (Å²) in [5.41, 5.74) is 4.39. The number of ketones is 1. The standard InChI is InChI=1S/C25H32N4O7S/c1-13(30)27-22-28-17-10-9-16(19(32)20(17)37-22)18(31)14-7-8-15(11-25(5,6)35-21(26)33)29(12-14)23(34)36-24(2,3)4/h7-8,12,15,31H,9-11H2,1-6H3,(H2,26,33)(H,27,28,30). The van der Waals surface area contributed by atoms with E-state index in [0.29, 0.717) is 22.1 Å². The van der Waals surface area contributed by atoms with Crippen molar-refractivity contribution in [2.75, 3.05) is 5.32 Å². The van der Waals surface area contributed by atoms with Crippen LogP contribution in [0.5, 0.6) is 0 Å². The van der Waals surface area contributed by atoms with E-state index in [9.17, 15) is 24.3 Å². The molecule has 2 aliphatic rings. The van der Waals surface area contributed by atoms with Gasteiger partial charge in [0.25, 0.3) is 0 Å². The van der Waals surface area contributed by atoms with E-state index >= 15 is 0 Å². The lowest BCUT2D eigenvalue weighted by atomic mass is 9.91. The van der Waals surface area contributed by atoms with Crippen molar-refractivity contribution in [1.82, 2.24) is 9.88 Å². The molecule has 0 spiro atoms. The van der Waals surface area contributed by atoms with E-state index in [1.165, 1.54) is 18.0 Å². The first-order valence-corrected chi connectivity index (χ1v) is 12.5. The molecule has 1 aliphatic carbocycles. The molecule has 4 N–H and O–H groups in total. The highest BCUT2D eigenvalue weighted by molar-refractivity contribution is 7.18. The van der Waals surface area contributed by atoms with Gasteiger partial charge in [-0.1, -0.05) is 23.5 Å². The van der Waals surface area contributed by atoms with E-state index in [0.717, 1.165) is 11.3 Å². The van der Waals surface area contributed by atoms with Crippen LogP contribution in [0.2, 0.25) is 0 Å². The maximum absolute atomic E-state index is 13.2. The smallest absolute Gasteiger partial charge is 0.414 e. The molecule has 2 heterocycles. The van der Waals surface area contributed by atoms with Crippen molar-refractivity contribution >= 4 is 40.3 Å². The molecule has 1 atom stereocenters. The van der Waals surface area contributed by atoms with Crippen LogP contribution in [0.3, 0.4) is 0 Å². The minimum Gasteiger partial charge on any atom is -0.507 e. The molecule has 3 amide bonds. The second-order valence-corrected chi connectivity index (χ2v) is 11.4. The first-order chi connectivity index (χ1) is 17.1. The van der Waals surface area contributed by atoms with E-state index in [1.54, 1.807) is 46.8 Å². The predicted octanol–water partition coefficient (Wildman–Crippen LogP) is 4.37. The molecule has 11 nitrogen and oxygen atoms in total. The number of allylic oxidation sites excluding steroid dienone is 2. The predicted molar refractivity (Wildman–Crippen MR) is 137 cm³/mol. The third-order valence-electron chi connectivity index (χ3n) is 5.45. The molecule has 200 valence electrons. The molecule has 0 fully saturated rings. The van der Waals surface area contributed by atoms with Crippen LogP contribution < -0.4 is 11.1 Å². The Morgan fingerprint density at radius 1 is 1.22 bits per heavy atom. The second-order valence-electron chi connectivity index (χ2n) is 10.4. The molecule has 1 unspecified atom stereocenters. The van der Waals surface area contributed by atoms with Gasteiger partial charge < -0.3 is 25.6 Å². The topological polar surface area (TPSA) is 161 Å². The maximum atomic E-state index is 13.2. The Labute approximate surface area is 219 Å². The summed E-state index contributed by atoms with van der Waals surface area (Å²) in [7, 11) is 0. The summed E-state index contributed by atoms with van der Waals surface area (Å²) in [6.07, 6.45) is 3.92. The largest absolute Gasteiger partial charge is 0.507 e. The summed E-state index contributed by atoms with van der Waals surface area (Å²) in [5, 5.41) is 14.0. The zero-order valence-electron chi connectivity index (χ0n) is 21.7. The quantitative estimate of drug-likeness (QED) is 0.372. The number of rotatable bonds is 5. The molecule has 1 aromatic rings. The number of aliphatic hydroxyl groups is 1. The van der Waals surface area contributed by atoms with Crippen LogP contribution in [0.4, 0.5) is 14.7 Å². The van der Waals surface area contributed by atoms with Crippen molar-refractivity contribution < 1.29 is 33.8 Å². The molecule has 0 bridgehead atoms. The lowest BCUT2D eigenvalue weighted by Crippen LogP contribution is -2.45. The van der Waals surface area contributed by atoms with Gasteiger partial charge in [-0.05, 0) is 47.5 Å². The number of aromatic nitrogens is 1. The van der Waals surface area contributed by atoms with Crippen molar-refractivity contribution in [2.45, 2.75) is 78.0 Å². The summed E-state index contributed by atoms with van der Waals surface area (Å²) in [6, 6.07) is -0.582. The first kappa shape index (κ1) is 27.9. The molecule has 0 aromatic carbocycles. The summed E-state index contributed by atoms with van der Waals surface area (Å²) in [4.78, 5) is 54.9. The summed E-state index contributed by atoms with van der Waals surface area (Å²) in [6.45, 7) is 9.87. The van der Waals surface area contributed by atoms with Gasteiger partial charge in [-0.25, -0.2) is 14.6 Å². The molecular formula is C25H32N4O7S. The highest BCUT2D eigenvalue weighted by Gasteiger charge is 2.36. The number of hydrogen-bond acceptors (Lipinski definition) is 9. The molecule has 37 heavy (non-hydrogen) atoms. The number of aliphatic hydroxyl groups excluding tert-OH is 1. The van der Waals surface area contributed by atoms with Crippen molar-refractivity contribution in [1.29, 1.82) is 0 Å². The number of nitrogens with two attached hydrogens (primary N) is 1. The zero-order chi connectivity index (χ0) is 27.7. The number of Topliss-reactive ketones (excluding diaryl/α,β-unsaturated/α-hetero) is 1. The monoisotopic (exact) mass is 532 g/mol. The number of ether oxygens (including phenoxy) is 2. The van der Waals surface area contributed by atoms with Crippen LogP contribution in [-0.4, -0.2) is 56.1 Å². The van der Waals surface area contributed by atoms with Gasteiger partial charge in [0, 0.05) is 30.7 Å². The highest BCUT2D eigenvalue weighted by atomic mass is 32.1. The van der Waals surface area contributed by atoms with Crippen LogP contribution in [0.15, 0.2) is 35.3 Å². The number of carbonyl (C=O) groups excluding carboxylic acids is 4. The van der Waals surface area contributed by atoms with Gasteiger partial charge in [0.05, 0.1) is 11.7 Å². The Balaban J connectivity index is 1.94. The van der Waals surface area contributed by atoms with Crippen LogP contribution in [0.1, 0.15) is 69.7 Å². The molecule has 0 saturated heterocycles. The van der Waals surface area contributed by atoms with Gasteiger partial charge in [-0.3, -0.25) is 14.5 Å². The number of primary amides is 1. The molecule has 0 saturated carbocycles. The van der Waals surface area contributed by atoms with Crippen LogP contribution >= 0.6 is 11.3 Å². The normalized spacial score (nSPS) is 19.1. The van der Waals surface area contributed by atoms with Gasteiger partial charge in [0.15, 0.2) is 5.13 Å². The molecule has 12 heteroatoms. The molecule has 1 aliphatic heterocycles. The summed E-state index contributed by atoms with van der Waals surface area (Å²) < 4.78 is 10.7. The van der Waals surface area contributed by atoms with E-state index in [1.807, 2.05) is 0 Å². The molecule has 0 radical (unpaired) electrons. The fraction of sp³-hybridized carbons (Fsp3) is 0.480. The fourth-order valence-corrected chi connectivity index (χ4v) is 5.05. The van der Waals surface area contributed by atoms with Gasteiger partial charge in [0.1, 0.15) is 21.8 Å². The number of hydrogen-bond donors (Lipinski definition) is 3. The minimum atomic E-state index is -1.000. The fourth-order valence-electron chi connectivity index (χ4n) is 4.02. The number of carbonyl (C=O) groups is 4. The number of anilines is 1. The Kier molecular flexibility index (Phi) is 7.82. The average molecular weight is 533 g/mol. The van der Waals surface area contributed by atoms with E-state index in [4.69, 9.17) is 15.2 Å². The van der Waals surface area contributed by atoms with Crippen molar-refractivity contribution in [3.05, 3.63) is 45.8 Å². The van der Waals surface area contributed by atoms with E-state index in [-0.39, 0.29) is 41.4 Å². The van der Waals surface area contributed by atoms with Crippen LogP contribution in [0, 0.1) is 0 Å². The number of aryl methyl sites for hydroxylation is 1. The summed E-state index contributed by atoms with van der Waals surface area (Å²) in [5.74, 6) is -0.944. The van der Waals surface area contributed by atoms with Crippen molar-refractivity contribution in [2.24, 2.45) is 5.73 Å². The van der Waals surface area contributed by atoms with Crippen LogP contribution in [0.25, 0.3) is 0 Å². The Hall–Kier alpha value is -3.67.